The third-order valence-electron chi connectivity index (χ3n) is 6.02. The van der Waals surface area contributed by atoms with Crippen LogP contribution in [-0.4, -0.2) is 53.2 Å². The van der Waals surface area contributed by atoms with E-state index in [0.717, 1.165) is 18.7 Å². The molecule has 1 fully saturated rings. The van der Waals surface area contributed by atoms with Gasteiger partial charge in [0.05, 0.1) is 17.9 Å². The highest BCUT2D eigenvalue weighted by Gasteiger charge is 2.29. The first-order valence-electron chi connectivity index (χ1n) is 10.9. The molecule has 164 valence electrons. The number of phenolic OH excluding ortho intramolecular Hbond substituents is 1. The Morgan fingerprint density at radius 3 is 2.52 bits per heavy atom. The van der Waals surface area contributed by atoms with Gasteiger partial charge in [0.2, 0.25) is 11.8 Å². The number of phenols is 1. The molecule has 0 bridgehead atoms. The van der Waals surface area contributed by atoms with Gasteiger partial charge in [0.25, 0.3) is 0 Å². The van der Waals surface area contributed by atoms with Crippen LogP contribution in [0.4, 0.5) is 11.4 Å². The van der Waals surface area contributed by atoms with Crippen molar-refractivity contribution in [2.75, 3.05) is 36.4 Å². The molecule has 0 unspecified atom stereocenters. The normalized spacial score (nSPS) is 20.0. The molecule has 31 heavy (non-hydrogen) atoms. The molecule has 2 N–H and O–H groups in total. The van der Waals surface area contributed by atoms with Crippen LogP contribution < -0.4 is 10.2 Å². The van der Waals surface area contributed by atoms with E-state index in [9.17, 15) is 14.7 Å². The molecule has 2 aromatic rings. The number of anilines is 2. The number of benzene rings is 2. The van der Waals surface area contributed by atoms with E-state index in [1.54, 1.807) is 24.3 Å². The first-order valence-corrected chi connectivity index (χ1v) is 11.8. The van der Waals surface area contributed by atoms with E-state index in [1.165, 1.54) is 4.90 Å². The molecule has 2 heterocycles. The molecule has 0 aromatic heterocycles. The standard InChI is InChI=1S/C24H29N3O3S/c1-17-10-15-27(20-7-3-5-9-22(20)31-17)23(29)16-26-13-11-18(12-14-26)24(30)25-19-6-2-4-8-21(19)28/h2-9,17-18,28H,10-16H2,1H3,(H,25,30)/t17-/m1/s1. The van der Waals surface area contributed by atoms with Crippen LogP contribution in [0.25, 0.3) is 0 Å². The van der Waals surface area contributed by atoms with Gasteiger partial charge in [0.1, 0.15) is 5.75 Å². The molecule has 0 spiro atoms. The highest BCUT2D eigenvalue weighted by Crippen LogP contribution is 2.37. The minimum absolute atomic E-state index is 0.0695. The Morgan fingerprint density at radius 1 is 1.03 bits per heavy atom. The number of nitrogens with one attached hydrogen (secondary N) is 1. The highest BCUT2D eigenvalue weighted by atomic mass is 32.2. The largest absolute Gasteiger partial charge is 0.506 e. The fraction of sp³-hybridized carbons (Fsp3) is 0.417. The Kier molecular flexibility index (Phi) is 6.83. The average Bonchev–Trinajstić information content (AvgIpc) is 2.94. The average molecular weight is 440 g/mol. The maximum absolute atomic E-state index is 13.2. The van der Waals surface area contributed by atoms with Crippen LogP contribution in [0, 0.1) is 5.92 Å². The molecule has 4 rings (SSSR count). The molecule has 0 radical (unpaired) electrons. The smallest absolute Gasteiger partial charge is 0.241 e. The van der Waals surface area contributed by atoms with Crippen LogP contribution >= 0.6 is 11.8 Å². The van der Waals surface area contributed by atoms with E-state index < -0.39 is 0 Å². The lowest BCUT2D eigenvalue weighted by Crippen LogP contribution is -2.45. The van der Waals surface area contributed by atoms with Gasteiger partial charge >= 0.3 is 0 Å². The van der Waals surface area contributed by atoms with Gasteiger partial charge in [-0.3, -0.25) is 14.5 Å². The van der Waals surface area contributed by atoms with Crippen LogP contribution in [0.5, 0.6) is 5.75 Å². The van der Waals surface area contributed by atoms with Gasteiger partial charge in [0.15, 0.2) is 0 Å². The second kappa shape index (κ2) is 9.75. The van der Waals surface area contributed by atoms with E-state index >= 15 is 0 Å². The molecule has 0 aliphatic carbocycles. The fourth-order valence-electron chi connectivity index (χ4n) is 4.19. The lowest BCUT2D eigenvalue weighted by molar-refractivity contribution is -0.122. The van der Waals surface area contributed by atoms with Gasteiger partial charge in [-0.25, -0.2) is 0 Å². The lowest BCUT2D eigenvalue weighted by Gasteiger charge is -2.32. The number of nitrogens with zero attached hydrogens (tertiary/aromatic N) is 2. The molecule has 6 nitrogen and oxygen atoms in total. The Balaban J connectivity index is 1.32. The Hall–Kier alpha value is -2.51. The number of para-hydroxylation sites is 3. The molecular weight excluding hydrogens is 410 g/mol. The van der Waals surface area contributed by atoms with E-state index in [-0.39, 0.29) is 23.5 Å². The summed E-state index contributed by atoms with van der Waals surface area (Å²) in [6, 6.07) is 14.9. The summed E-state index contributed by atoms with van der Waals surface area (Å²) in [5, 5.41) is 13.2. The summed E-state index contributed by atoms with van der Waals surface area (Å²) in [7, 11) is 0. The second-order valence-corrected chi connectivity index (χ2v) is 9.77. The Labute approximate surface area is 187 Å². The predicted octanol–water partition coefficient (Wildman–Crippen LogP) is 3.96. The van der Waals surface area contributed by atoms with Crippen LogP contribution in [0.2, 0.25) is 0 Å². The lowest BCUT2D eigenvalue weighted by atomic mass is 9.95. The number of thioether (sulfide) groups is 1. The summed E-state index contributed by atoms with van der Waals surface area (Å²) in [5.41, 5.74) is 1.45. The Bertz CT molecular complexity index is 943. The summed E-state index contributed by atoms with van der Waals surface area (Å²) < 4.78 is 0. The number of likely N-dealkylation sites (tertiary alicyclic amines) is 1. The summed E-state index contributed by atoms with van der Waals surface area (Å²) in [6.45, 7) is 4.75. The molecule has 2 amide bonds. The number of carbonyl (C=O) groups excluding carboxylic acids is 2. The summed E-state index contributed by atoms with van der Waals surface area (Å²) in [6.07, 6.45) is 2.38. The van der Waals surface area contributed by atoms with Gasteiger partial charge in [-0.2, -0.15) is 0 Å². The molecule has 7 heteroatoms. The van der Waals surface area contributed by atoms with E-state index in [1.807, 2.05) is 34.9 Å². The second-order valence-electron chi connectivity index (χ2n) is 8.29. The van der Waals surface area contributed by atoms with Crippen molar-refractivity contribution in [1.29, 1.82) is 0 Å². The zero-order chi connectivity index (χ0) is 21.8. The van der Waals surface area contributed by atoms with Crippen LogP contribution in [0.15, 0.2) is 53.4 Å². The molecule has 2 aliphatic heterocycles. The topological polar surface area (TPSA) is 72.9 Å². The molecule has 0 saturated carbocycles. The van der Waals surface area contributed by atoms with Crippen LogP contribution in [-0.2, 0) is 9.59 Å². The number of hydrogen-bond donors (Lipinski definition) is 2. The van der Waals surface area contributed by atoms with Gasteiger partial charge in [-0.15, -0.1) is 11.8 Å². The van der Waals surface area contributed by atoms with E-state index in [2.05, 4.69) is 23.2 Å². The molecular formula is C24H29N3O3S. The van der Waals surface area contributed by atoms with Crippen LogP contribution in [0.3, 0.4) is 0 Å². The van der Waals surface area contributed by atoms with Crippen molar-refractivity contribution < 1.29 is 14.7 Å². The number of fused-ring (bicyclic) bond motifs is 1. The van der Waals surface area contributed by atoms with E-state index in [4.69, 9.17) is 0 Å². The van der Waals surface area contributed by atoms with Crippen molar-refractivity contribution in [1.82, 2.24) is 4.90 Å². The van der Waals surface area contributed by atoms with Gasteiger partial charge in [-0.05, 0) is 56.6 Å². The van der Waals surface area contributed by atoms with Gasteiger partial charge in [0, 0.05) is 22.6 Å². The zero-order valence-electron chi connectivity index (χ0n) is 17.8. The maximum Gasteiger partial charge on any atom is 0.241 e. The molecule has 1 saturated heterocycles. The number of hydrogen-bond acceptors (Lipinski definition) is 5. The number of carbonyl (C=O) groups is 2. The van der Waals surface area contributed by atoms with Gasteiger partial charge in [-0.1, -0.05) is 31.2 Å². The summed E-state index contributed by atoms with van der Waals surface area (Å²) in [4.78, 5) is 31.0. The van der Waals surface area contributed by atoms with Crippen molar-refractivity contribution in [3.05, 3.63) is 48.5 Å². The third-order valence-corrected chi connectivity index (χ3v) is 7.26. The monoisotopic (exact) mass is 439 g/mol. The minimum atomic E-state index is -0.109. The Morgan fingerprint density at radius 2 is 1.74 bits per heavy atom. The first-order chi connectivity index (χ1) is 15.0. The maximum atomic E-state index is 13.2. The highest BCUT2D eigenvalue weighted by molar-refractivity contribution is 8.00. The number of piperidine rings is 1. The number of rotatable bonds is 4. The van der Waals surface area contributed by atoms with Crippen molar-refractivity contribution >= 4 is 35.0 Å². The molecule has 2 aliphatic rings. The number of amides is 2. The SMILES string of the molecule is C[C@@H]1CCN(C(=O)CN2CCC(C(=O)Nc3ccccc3O)CC2)c2ccccc2S1. The third kappa shape index (κ3) is 5.22. The van der Waals surface area contributed by atoms with Crippen LogP contribution in [0.1, 0.15) is 26.2 Å². The van der Waals surface area contributed by atoms with Gasteiger partial charge < -0.3 is 15.3 Å². The molecule has 1 atom stereocenters. The molecule has 2 aromatic carbocycles. The quantitative estimate of drug-likeness (QED) is 0.706. The summed E-state index contributed by atoms with van der Waals surface area (Å²) >= 11 is 1.84. The number of aromatic hydroxyl groups is 1. The summed E-state index contributed by atoms with van der Waals surface area (Å²) in [5.74, 6) is 0.0189. The minimum Gasteiger partial charge on any atom is -0.506 e. The van der Waals surface area contributed by atoms with Crippen molar-refractivity contribution in [3.8, 4) is 5.75 Å². The van der Waals surface area contributed by atoms with Crippen molar-refractivity contribution in [2.45, 2.75) is 36.3 Å². The van der Waals surface area contributed by atoms with Crippen molar-refractivity contribution in [2.24, 2.45) is 5.92 Å². The predicted molar refractivity (Wildman–Crippen MR) is 125 cm³/mol. The first kappa shape index (κ1) is 21.7. The van der Waals surface area contributed by atoms with Crippen molar-refractivity contribution in [3.63, 3.8) is 0 Å². The fourth-order valence-corrected chi connectivity index (χ4v) is 5.30. The zero-order valence-corrected chi connectivity index (χ0v) is 18.6. The van der Waals surface area contributed by atoms with E-state index in [0.29, 0.717) is 43.4 Å².